The van der Waals surface area contributed by atoms with Gasteiger partial charge in [-0.05, 0) is 49.3 Å². The number of aryl methyl sites for hydroxylation is 2. The second-order valence-electron chi connectivity index (χ2n) is 5.05. The minimum Gasteiger partial charge on any atom is -0.285 e. The molecule has 0 aliphatic heterocycles. The van der Waals surface area contributed by atoms with Gasteiger partial charge in [-0.25, -0.2) is 4.98 Å². The van der Waals surface area contributed by atoms with E-state index in [0.29, 0.717) is 4.77 Å². The number of nitrogens with zero attached hydrogens (tertiary/aromatic N) is 2. The van der Waals surface area contributed by atoms with Crippen LogP contribution >= 0.6 is 12.2 Å². The van der Waals surface area contributed by atoms with E-state index in [1.54, 1.807) is 0 Å². The van der Waals surface area contributed by atoms with Crippen molar-refractivity contribution in [2.24, 2.45) is 0 Å². The Hall–Kier alpha value is -2.26. The number of hydrogen-bond acceptors (Lipinski definition) is 2. The molecule has 21 heavy (non-hydrogen) atoms. The van der Waals surface area contributed by atoms with Gasteiger partial charge in [-0.1, -0.05) is 48.5 Å². The van der Waals surface area contributed by atoms with E-state index >= 15 is 0 Å². The van der Waals surface area contributed by atoms with E-state index in [0.717, 1.165) is 22.6 Å². The van der Waals surface area contributed by atoms with E-state index in [1.807, 2.05) is 41.8 Å². The Balaban J connectivity index is 2.36. The molecule has 0 N–H and O–H groups in total. The first-order chi connectivity index (χ1) is 10.2. The van der Waals surface area contributed by atoms with Crippen LogP contribution in [-0.4, -0.2) is 9.55 Å². The van der Waals surface area contributed by atoms with Gasteiger partial charge in [-0.3, -0.25) is 4.57 Å². The average Bonchev–Trinajstić information content (AvgIpc) is 2.49. The highest BCUT2D eigenvalue weighted by molar-refractivity contribution is 7.71. The number of benzene rings is 2. The van der Waals surface area contributed by atoms with E-state index in [9.17, 15) is 0 Å². The van der Waals surface area contributed by atoms with Gasteiger partial charge >= 0.3 is 0 Å². The third-order valence-electron chi connectivity index (χ3n) is 3.48. The summed E-state index contributed by atoms with van der Waals surface area (Å²) in [5.74, 6) is 0. The lowest BCUT2D eigenvalue weighted by Gasteiger charge is -2.16. The van der Waals surface area contributed by atoms with Crippen LogP contribution < -0.4 is 0 Å². The highest BCUT2D eigenvalue weighted by Gasteiger charge is 2.10. The number of para-hydroxylation sites is 1. The maximum atomic E-state index is 5.52. The lowest BCUT2D eigenvalue weighted by Crippen LogP contribution is -2.06. The van der Waals surface area contributed by atoms with E-state index in [4.69, 9.17) is 12.2 Å². The molecule has 3 heteroatoms. The fraction of sp³-hybridized carbons (Fsp3) is 0.111. The predicted molar refractivity (Wildman–Crippen MR) is 89.3 cm³/mol. The fourth-order valence-electron chi connectivity index (χ4n) is 2.47. The minimum absolute atomic E-state index is 0.586. The molecule has 2 nitrogen and oxygen atoms in total. The summed E-state index contributed by atoms with van der Waals surface area (Å²) in [5, 5.41) is 0. The summed E-state index contributed by atoms with van der Waals surface area (Å²) in [6.07, 6.45) is 0. The molecule has 0 atom stereocenters. The largest absolute Gasteiger partial charge is 0.285 e. The van der Waals surface area contributed by atoms with Gasteiger partial charge in [0.25, 0.3) is 0 Å². The SMILES string of the molecule is Cc1cc(-c2ccccc2)n(-c2ccccc2C)c(=S)n1. The zero-order valence-corrected chi connectivity index (χ0v) is 12.9. The molecule has 3 rings (SSSR count). The molecule has 104 valence electrons. The normalized spacial score (nSPS) is 10.6. The van der Waals surface area contributed by atoms with Crippen LogP contribution in [0.3, 0.4) is 0 Å². The molecule has 1 heterocycles. The van der Waals surface area contributed by atoms with Crippen LogP contribution in [0.1, 0.15) is 11.3 Å². The molecule has 0 unspecified atom stereocenters. The standard InChI is InChI=1S/C18H16N2S/c1-13-8-6-7-11-16(13)20-17(12-14(2)19-18(20)21)15-9-4-3-5-10-15/h3-12H,1-2H3. The molecule has 0 aliphatic rings. The first kappa shape index (κ1) is 13.7. The Kier molecular flexibility index (Phi) is 3.67. The zero-order valence-electron chi connectivity index (χ0n) is 12.1. The van der Waals surface area contributed by atoms with Gasteiger partial charge < -0.3 is 0 Å². The number of aromatic nitrogens is 2. The molecule has 0 aliphatic carbocycles. The summed E-state index contributed by atoms with van der Waals surface area (Å²) in [4.78, 5) is 4.45. The van der Waals surface area contributed by atoms with Crippen molar-refractivity contribution in [1.82, 2.24) is 9.55 Å². The van der Waals surface area contributed by atoms with Crippen molar-refractivity contribution in [2.45, 2.75) is 13.8 Å². The van der Waals surface area contributed by atoms with Crippen LogP contribution in [0.5, 0.6) is 0 Å². The van der Waals surface area contributed by atoms with Crippen molar-refractivity contribution < 1.29 is 0 Å². The molecule has 0 bridgehead atoms. The number of hydrogen-bond donors (Lipinski definition) is 0. The van der Waals surface area contributed by atoms with Gasteiger partial charge in [-0.15, -0.1) is 0 Å². The summed E-state index contributed by atoms with van der Waals surface area (Å²) in [5.41, 5.74) is 5.40. The second kappa shape index (κ2) is 5.62. The number of rotatable bonds is 2. The van der Waals surface area contributed by atoms with Crippen LogP contribution in [-0.2, 0) is 0 Å². The predicted octanol–water partition coefficient (Wildman–Crippen LogP) is 4.89. The topological polar surface area (TPSA) is 17.8 Å². The van der Waals surface area contributed by atoms with E-state index in [2.05, 4.69) is 42.2 Å². The van der Waals surface area contributed by atoms with E-state index in [1.165, 1.54) is 5.56 Å². The Bertz CT molecular complexity index is 835. The van der Waals surface area contributed by atoms with Crippen molar-refractivity contribution in [3.05, 3.63) is 76.7 Å². The van der Waals surface area contributed by atoms with Crippen LogP contribution in [0.4, 0.5) is 0 Å². The quantitative estimate of drug-likeness (QED) is 0.626. The first-order valence-corrected chi connectivity index (χ1v) is 7.30. The van der Waals surface area contributed by atoms with Crippen molar-refractivity contribution in [1.29, 1.82) is 0 Å². The smallest absolute Gasteiger partial charge is 0.204 e. The Labute approximate surface area is 129 Å². The van der Waals surface area contributed by atoms with E-state index in [-0.39, 0.29) is 0 Å². The van der Waals surface area contributed by atoms with Crippen LogP contribution in [0, 0.1) is 18.6 Å². The molecule has 0 saturated heterocycles. The fourth-order valence-corrected chi connectivity index (χ4v) is 2.81. The highest BCUT2D eigenvalue weighted by Crippen LogP contribution is 2.25. The van der Waals surface area contributed by atoms with Crippen LogP contribution in [0.15, 0.2) is 60.7 Å². The third-order valence-corrected chi connectivity index (χ3v) is 3.75. The molecule has 0 spiro atoms. The summed E-state index contributed by atoms with van der Waals surface area (Å²) >= 11 is 5.52. The Morgan fingerprint density at radius 1 is 0.905 bits per heavy atom. The third kappa shape index (κ3) is 2.65. The lowest BCUT2D eigenvalue weighted by molar-refractivity contribution is 0.935. The monoisotopic (exact) mass is 292 g/mol. The maximum Gasteiger partial charge on any atom is 0.204 e. The molecule has 1 aromatic heterocycles. The Morgan fingerprint density at radius 2 is 1.57 bits per heavy atom. The van der Waals surface area contributed by atoms with Crippen molar-refractivity contribution in [2.75, 3.05) is 0 Å². The Morgan fingerprint density at radius 3 is 2.29 bits per heavy atom. The van der Waals surface area contributed by atoms with Gasteiger partial charge in [0.15, 0.2) is 0 Å². The summed E-state index contributed by atoms with van der Waals surface area (Å²) in [7, 11) is 0. The second-order valence-corrected chi connectivity index (χ2v) is 5.42. The average molecular weight is 292 g/mol. The zero-order chi connectivity index (χ0) is 14.8. The van der Waals surface area contributed by atoms with Crippen LogP contribution in [0.2, 0.25) is 0 Å². The van der Waals surface area contributed by atoms with Crippen molar-refractivity contribution in [3.8, 4) is 16.9 Å². The van der Waals surface area contributed by atoms with Gasteiger partial charge in [0, 0.05) is 5.69 Å². The molecule has 0 radical (unpaired) electrons. The van der Waals surface area contributed by atoms with Gasteiger partial charge in [0.2, 0.25) is 4.77 Å². The molecule has 0 saturated carbocycles. The van der Waals surface area contributed by atoms with E-state index < -0.39 is 0 Å². The molecule has 0 fully saturated rings. The lowest BCUT2D eigenvalue weighted by atomic mass is 10.1. The maximum absolute atomic E-state index is 5.52. The molecular formula is C18H16N2S. The minimum atomic E-state index is 0.586. The summed E-state index contributed by atoms with van der Waals surface area (Å²) in [6, 6.07) is 20.6. The molecular weight excluding hydrogens is 276 g/mol. The summed E-state index contributed by atoms with van der Waals surface area (Å²) < 4.78 is 2.63. The molecule has 2 aromatic carbocycles. The van der Waals surface area contributed by atoms with Gasteiger partial charge in [-0.2, -0.15) is 0 Å². The van der Waals surface area contributed by atoms with Gasteiger partial charge in [0.1, 0.15) is 0 Å². The first-order valence-electron chi connectivity index (χ1n) is 6.89. The van der Waals surface area contributed by atoms with Crippen molar-refractivity contribution in [3.63, 3.8) is 0 Å². The summed E-state index contributed by atoms with van der Waals surface area (Å²) in [6.45, 7) is 4.07. The van der Waals surface area contributed by atoms with Gasteiger partial charge in [0.05, 0.1) is 11.4 Å². The molecule has 3 aromatic rings. The highest BCUT2D eigenvalue weighted by atomic mass is 32.1. The molecule has 0 amide bonds. The van der Waals surface area contributed by atoms with Crippen molar-refractivity contribution >= 4 is 12.2 Å². The van der Waals surface area contributed by atoms with Crippen LogP contribution in [0.25, 0.3) is 16.9 Å².